The molecule has 2 aliphatic rings. The van der Waals surface area contributed by atoms with E-state index in [0.717, 1.165) is 31.3 Å². The number of hydrogen-bond acceptors (Lipinski definition) is 3. The Morgan fingerprint density at radius 2 is 2.10 bits per heavy atom. The Balaban J connectivity index is 1.56. The van der Waals surface area contributed by atoms with Crippen molar-refractivity contribution in [3.8, 4) is 0 Å². The van der Waals surface area contributed by atoms with Crippen molar-refractivity contribution in [1.29, 1.82) is 0 Å². The van der Waals surface area contributed by atoms with Gasteiger partial charge in [-0.1, -0.05) is 26.2 Å². The zero-order valence-electron chi connectivity index (χ0n) is 13.4. The van der Waals surface area contributed by atoms with Gasteiger partial charge in [-0.15, -0.1) is 0 Å². The Morgan fingerprint density at radius 1 is 1.24 bits per heavy atom. The van der Waals surface area contributed by atoms with Crippen molar-refractivity contribution >= 4 is 5.69 Å². The lowest BCUT2D eigenvalue weighted by molar-refractivity contribution is 0.0812. The van der Waals surface area contributed by atoms with Crippen LogP contribution in [0.2, 0.25) is 0 Å². The van der Waals surface area contributed by atoms with Crippen LogP contribution in [0.3, 0.4) is 0 Å². The maximum absolute atomic E-state index is 4.56. The van der Waals surface area contributed by atoms with E-state index in [2.05, 4.69) is 34.3 Å². The van der Waals surface area contributed by atoms with Gasteiger partial charge >= 0.3 is 0 Å². The number of nitrogens with one attached hydrogen (secondary N) is 1. The molecule has 1 N–H and O–H groups in total. The average molecular weight is 287 g/mol. The predicted octanol–water partition coefficient (Wildman–Crippen LogP) is 3.92. The molecule has 1 saturated carbocycles. The second-order valence-corrected chi connectivity index (χ2v) is 6.79. The Kier molecular flexibility index (Phi) is 5.13. The summed E-state index contributed by atoms with van der Waals surface area (Å²) >= 11 is 0. The minimum Gasteiger partial charge on any atom is -0.385 e. The molecular weight excluding hydrogens is 258 g/mol. The summed E-state index contributed by atoms with van der Waals surface area (Å²) in [6, 6.07) is 4.30. The van der Waals surface area contributed by atoms with Gasteiger partial charge in [-0.25, -0.2) is 0 Å². The highest BCUT2D eigenvalue weighted by molar-refractivity contribution is 5.43. The molecule has 0 aromatic carbocycles. The van der Waals surface area contributed by atoms with E-state index >= 15 is 0 Å². The van der Waals surface area contributed by atoms with Gasteiger partial charge in [-0.2, -0.15) is 0 Å². The van der Waals surface area contributed by atoms with E-state index in [4.69, 9.17) is 0 Å². The summed E-state index contributed by atoms with van der Waals surface area (Å²) in [5, 5.41) is 3.46. The van der Waals surface area contributed by atoms with Crippen molar-refractivity contribution in [2.45, 2.75) is 52.0 Å². The molecule has 1 saturated heterocycles. The third-order valence-corrected chi connectivity index (χ3v) is 5.16. The molecule has 21 heavy (non-hydrogen) atoms. The van der Waals surface area contributed by atoms with Crippen LogP contribution in [0, 0.1) is 11.8 Å². The van der Waals surface area contributed by atoms with Gasteiger partial charge < -0.3 is 5.32 Å². The lowest BCUT2D eigenvalue weighted by Gasteiger charge is -2.41. The summed E-state index contributed by atoms with van der Waals surface area (Å²) in [7, 11) is 0. The van der Waals surface area contributed by atoms with Crippen molar-refractivity contribution in [2.75, 3.05) is 25.0 Å². The monoisotopic (exact) mass is 287 g/mol. The summed E-state index contributed by atoms with van der Waals surface area (Å²) in [4.78, 5) is 7.19. The zero-order valence-corrected chi connectivity index (χ0v) is 13.4. The molecule has 3 rings (SSSR count). The molecular formula is C18H29N3. The average Bonchev–Trinajstić information content (AvgIpc) is 2.53. The van der Waals surface area contributed by atoms with Crippen LogP contribution in [0.15, 0.2) is 18.3 Å². The fourth-order valence-corrected chi connectivity index (χ4v) is 3.99. The van der Waals surface area contributed by atoms with Gasteiger partial charge in [0, 0.05) is 31.5 Å². The SMILES string of the molecule is CCCNc1ccnc(CN2CCC3CCCCC3C2)c1. The normalized spacial score (nSPS) is 26.3. The van der Waals surface area contributed by atoms with Gasteiger partial charge in [0.1, 0.15) is 0 Å². The topological polar surface area (TPSA) is 28.2 Å². The minimum atomic E-state index is 0.953. The third-order valence-electron chi connectivity index (χ3n) is 5.16. The molecule has 0 radical (unpaired) electrons. The molecule has 1 aliphatic heterocycles. The van der Waals surface area contributed by atoms with Crippen LogP contribution < -0.4 is 5.32 Å². The van der Waals surface area contributed by atoms with Crippen molar-refractivity contribution in [1.82, 2.24) is 9.88 Å². The van der Waals surface area contributed by atoms with Crippen LogP contribution >= 0.6 is 0 Å². The minimum absolute atomic E-state index is 0.953. The predicted molar refractivity (Wildman–Crippen MR) is 88.4 cm³/mol. The summed E-state index contributed by atoms with van der Waals surface area (Å²) in [5.74, 6) is 1.97. The zero-order chi connectivity index (χ0) is 14.5. The Morgan fingerprint density at radius 3 is 2.95 bits per heavy atom. The molecule has 0 spiro atoms. The molecule has 1 aliphatic carbocycles. The number of anilines is 1. The third kappa shape index (κ3) is 3.97. The van der Waals surface area contributed by atoms with E-state index in [1.807, 2.05) is 6.20 Å². The molecule has 2 atom stereocenters. The van der Waals surface area contributed by atoms with E-state index in [0.29, 0.717) is 0 Å². The highest BCUT2D eigenvalue weighted by Gasteiger charge is 2.30. The van der Waals surface area contributed by atoms with E-state index in [-0.39, 0.29) is 0 Å². The largest absolute Gasteiger partial charge is 0.385 e. The number of rotatable bonds is 5. The van der Waals surface area contributed by atoms with Crippen LogP contribution in [0.5, 0.6) is 0 Å². The standard InChI is InChI=1S/C18H29N3/c1-2-9-19-17-7-10-20-18(12-17)14-21-11-8-15-5-3-4-6-16(15)13-21/h7,10,12,15-16H,2-6,8-9,11,13-14H2,1H3,(H,19,20). The first-order valence-corrected chi connectivity index (χ1v) is 8.76. The van der Waals surface area contributed by atoms with Crippen LogP contribution in [-0.4, -0.2) is 29.5 Å². The molecule has 0 amide bonds. The smallest absolute Gasteiger partial charge is 0.0564 e. The van der Waals surface area contributed by atoms with Crippen molar-refractivity contribution in [3.05, 3.63) is 24.0 Å². The first kappa shape index (κ1) is 14.8. The number of hydrogen-bond donors (Lipinski definition) is 1. The molecule has 2 fully saturated rings. The van der Waals surface area contributed by atoms with Crippen molar-refractivity contribution in [3.63, 3.8) is 0 Å². The highest BCUT2D eigenvalue weighted by atomic mass is 15.1. The summed E-state index contributed by atoms with van der Waals surface area (Å²) < 4.78 is 0. The van der Waals surface area contributed by atoms with Gasteiger partial charge in [0.25, 0.3) is 0 Å². The fraction of sp³-hybridized carbons (Fsp3) is 0.722. The molecule has 3 nitrogen and oxygen atoms in total. The maximum Gasteiger partial charge on any atom is 0.0564 e. The summed E-state index contributed by atoms with van der Waals surface area (Å²) in [5.41, 5.74) is 2.43. The molecule has 116 valence electrons. The molecule has 0 bridgehead atoms. The molecule has 2 unspecified atom stereocenters. The first-order valence-electron chi connectivity index (χ1n) is 8.76. The van der Waals surface area contributed by atoms with Crippen LogP contribution in [0.4, 0.5) is 5.69 Å². The van der Waals surface area contributed by atoms with Crippen molar-refractivity contribution < 1.29 is 0 Å². The number of fused-ring (bicyclic) bond motifs is 1. The van der Waals surface area contributed by atoms with Crippen LogP contribution in [0.25, 0.3) is 0 Å². The first-order chi connectivity index (χ1) is 10.3. The van der Waals surface area contributed by atoms with Gasteiger partial charge in [-0.3, -0.25) is 9.88 Å². The highest BCUT2D eigenvalue weighted by Crippen LogP contribution is 2.36. The molecule has 3 heteroatoms. The number of pyridine rings is 1. The second-order valence-electron chi connectivity index (χ2n) is 6.79. The molecule has 1 aromatic rings. The number of likely N-dealkylation sites (tertiary alicyclic amines) is 1. The fourth-order valence-electron chi connectivity index (χ4n) is 3.99. The van der Waals surface area contributed by atoms with E-state index < -0.39 is 0 Å². The quantitative estimate of drug-likeness (QED) is 0.890. The van der Waals surface area contributed by atoms with Gasteiger partial charge in [-0.05, 0) is 49.8 Å². The Labute approximate surface area is 129 Å². The van der Waals surface area contributed by atoms with E-state index in [1.165, 1.54) is 56.6 Å². The van der Waals surface area contributed by atoms with E-state index in [1.54, 1.807) is 0 Å². The Bertz CT molecular complexity index is 446. The van der Waals surface area contributed by atoms with Gasteiger partial charge in [0.2, 0.25) is 0 Å². The van der Waals surface area contributed by atoms with Gasteiger partial charge in [0.05, 0.1) is 5.69 Å². The molecule has 2 heterocycles. The Hall–Kier alpha value is -1.09. The van der Waals surface area contributed by atoms with Crippen LogP contribution in [0.1, 0.15) is 51.1 Å². The van der Waals surface area contributed by atoms with Gasteiger partial charge in [0.15, 0.2) is 0 Å². The number of nitrogens with zero attached hydrogens (tertiary/aromatic N) is 2. The number of piperidine rings is 1. The van der Waals surface area contributed by atoms with Crippen molar-refractivity contribution in [2.24, 2.45) is 11.8 Å². The lowest BCUT2D eigenvalue weighted by Crippen LogP contribution is -2.41. The number of aromatic nitrogens is 1. The summed E-state index contributed by atoms with van der Waals surface area (Å²) in [6.45, 7) is 6.81. The molecule has 1 aromatic heterocycles. The lowest BCUT2D eigenvalue weighted by atomic mass is 9.75. The summed E-state index contributed by atoms with van der Waals surface area (Å²) in [6.07, 6.45) is 10.4. The van der Waals surface area contributed by atoms with E-state index in [9.17, 15) is 0 Å². The second kappa shape index (κ2) is 7.26. The van der Waals surface area contributed by atoms with Crippen LogP contribution in [-0.2, 0) is 6.54 Å². The maximum atomic E-state index is 4.56.